The molecule has 0 atom stereocenters. The first-order valence-corrected chi connectivity index (χ1v) is 19.3. The maximum absolute atomic E-state index is 15.4. The zero-order chi connectivity index (χ0) is 43.0. The molecule has 0 radical (unpaired) electrons. The maximum Gasteiger partial charge on any atom is 0.340 e. The number of carbonyl (C=O) groups is 2. The van der Waals surface area contributed by atoms with Gasteiger partial charge >= 0.3 is 5.63 Å². The van der Waals surface area contributed by atoms with E-state index in [1.54, 1.807) is 54.6 Å². The minimum Gasteiger partial charge on any atom is -0.508 e. The zero-order valence-corrected chi connectivity index (χ0v) is 32.4. The quantitative estimate of drug-likeness (QED) is 0.0632. The topological polar surface area (TPSA) is 206 Å². The molecule has 7 N–H and O–H groups in total. The normalized spacial score (nSPS) is 13.5. The Bertz CT molecular complexity index is 2820. The zero-order valence-electron chi connectivity index (χ0n) is 32.4. The van der Waals surface area contributed by atoms with Crippen LogP contribution < -0.4 is 5.63 Å². The van der Waals surface area contributed by atoms with E-state index in [9.17, 15) is 40.5 Å². The number of ketones is 2. The Balaban J connectivity index is 1.29. The van der Waals surface area contributed by atoms with Gasteiger partial charge in [0.25, 0.3) is 0 Å². The summed E-state index contributed by atoms with van der Waals surface area (Å²) in [5.41, 5.74) is 0.404. The molecule has 1 aliphatic carbocycles. The van der Waals surface area contributed by atoms with Crippen LogP contribution in [0.4, 0.5) is 0 Å². The third-order valence-corrected chi connectivity index (χ3v) is 11.1. The first-order chi connectivity index (χ1) is 29.3. The molecule has 61 heavy (non-hydrogen) atoms. The van der Waals surface area contributed by atoms with Gasteiger partial charge in [0.1, 0.15) is 51.4 Å². The molecule has 0 spiro atoms. The lowest BCUT2D eigenvalue weighted by Crippen LogP contribution is -2.41. The fourth-order valence-electron chi connectivity index (χ4n) is 7.98. The fourth-order valence-corrected chi connectivity index (χ4v) is 7.98. The van der Waals surface area contributed by atoms with Gasteiger partial charge in [0, 0.05) is 53.2 Å². The van der Waals surface area contributed by atoms with E-state index in [1.807, 2.05) is 0 Å². The Labute approximate surface area is 348 Å². The van der Waals surface area contributed by atoms with Gasteiger partial charge in [-0.25, -0.2) is 4.79 Å². The summed E-state index contributed by atoms with van der Waals surface area (Å²) in [6, 6.07) is 34.4. The van der Waals surface area contributed by atoms with Gasteiger partial charge in [-0.3, -0.25) is 9.59 Å². The second-order valence-corrected chi connectivity index (χ2v) is 15.1. The number of phenols is 7. The van der Waals surface area contributed by atoms with Gasteiger partial charge in [-0.1, -0.05) is 48.5 Å². The van der Waals surface area contributed by atoms with Gasteiger partial charge in [-0.15, -0.1) is 0 Å². The Hall–Kier alpha value is -8.05. The summed E-state index contributed by atoms with van der Waals surface area (Å²) < 4.78 is 5.81. The van der Waals surface area contributed by atoms with Gasteiger partial charge in [0.05, 0.1) is 0 Å². The van der Waals surface area contributed by atoms with Crippen molar-refractivity contribution in [1.29, 1.82) is 0 Å². The first-order valence-electron chi connectivity index (χ1n) is 19.3. The van der Waals surface area contributed by atoms with Crippen molar-refractivity contribution in [3.63, 3.8) is 0 Å². The Morgan fingerprint density at radius 3 is 1.33 bits per heavy atom. The molecule has 1 aromatic heterocycles. The van der Waals surface area contributed by atoms with E-state index < -0.39 is 34.1 Å². The molecule has 6 aromatic carbocycles. The van der Waals surface area contributed by atoms with Gasteiger partial charge in [-0.05, 0) is 125 Å². The van der Waals surface area contributed by atoms with Crippen molar-refractivity contribution in [3.05, 3.63) is 206 Å². The lowest BCUT2D eigenvalue weighted by molar-refractivity contribution is -0.127. The second kappa shape index (κ2) is 16.0. The van der Waals surface area contributed by atoms with Crippen LogP contribution in [-0.2, 0) is 40.7 Å². The van der Waals surface area contributed by atoms with Crippen molar-refractivity contribution >= 4 is 11.6 Å². The number of hydrogen-bond acceptors (Lipinski definition) is 11. The molecule has 0 saturated heterocycles. The third kappa shape index (κ3) is 7.68. The average molecular weight is 815 g/mol. The van der Waals surface area contributed by atoms with Gasteiger partial charge in [-0.2, -0.15) is 0 Å². The lowest BCUT2D eigenvalue weighted by Gasteiger charge is -2.30. The SMILES string of the molecule is O=C1C(Cc2ccc(O)cc2)=C(Cc2ccc(O)cc2)C(=O)C1(c1ccc(O)cc1)c1cc(Cc2c(Cc3ccc(O)cc3)cc(-c3ccc(O)cc3)oc2=O)c(O)cc1O. The molecule has 0 saturated carbocycles. The smallest absolute Gasteiger partial charge is 0.340 e. The lowest BCUT2D eigenvalue weighted by atomic mass is 9.68. The number of phenolic OH excluding ortho intramolecular Hbond substituents is 7. The van der Waals surface area contributed by atoms with Crippen LogP contribution in [0.15, 0.2) is 160 Å². The van der Waals surface area contributed by atoms with Gasteiger partial charge in [0.15, 0.2) is 11.6 Å². The number of allylic oxidation sites excluding steroid dienone is 2. The molecule has 11 heteroatoms. The minimum absolute atomic E-state index is 0.00566. The molecule has 1 heterocycles. The average Bonchev–Trinajstić information content (AvgIpc) is 3.44. The van der Waals surface area contributed by atoms with E-state index >= 15 is 9.59 Å². The summed E-state index contributed by atoms with van der Waals surface area (Å²) in [5.74, 6) is -2.19. The second-order valence-electron chi connectivity index (χ2n) is 15.1. The van der Waals surface area contributed by atoms with E-state index in [1.165, 1.54) is 78.9 Å². The number of rotatable bonds is 11. The summed E-state index contributed by atoms with van der Waals surface area (Å²) in [4.78, 5) is 44.8. The largest absolute Gasteiger partial charge is 0.508 e. The van der Waals surface area contributed by atoms with Crippen LogP contribution in [0.2, 0.25) is 0 Å². The molecule has 0 fully saturated rings. The number of carbonyl (C=O) groups excluding carboxylic acids is 2. The molecule has 0 amide bonds. The number of benzene rings is 6. The standard InChI is InChI=1S/C50H38O11/c51-35-11-1-28(2-12-35)21-32-26-46(31-7-17-38(54)18-8-31)61-49(60)40(32)24-33-25-43(45(57)27-44(33)56)50(34-9-19-39(55)20-10-34)47(58)41(22-29-3-13-36(52)14-4-29)42(48(50)59)23-30-5-15-37(53)16-6-30/h1-20,25-27,51-57H,21-24H2. The van der Waals surface area contributed by atoms with Crippen LogP contribution in [0.5, 0.6) is 40.2 Å². The number of aromatic hydroxyl groups is 7. The van der Waals surface area contributed by atoms with Crippen molar-refractivity contribution in [2.75, 3.05) is 0 Å². The molecule has 1 aliphatic rings. The van der Waals surface area contributed by atoms with Crippen LogP contribution in [-0.4, -0.2) is 47.3 Å². The molecular formula is C50H38O11. The molecule has 8 rings (SSSR count). The number of hydrogen-bond donors (Lipinski definition) is 7. The van der Waals surface area contributed by atoms with Crippen LogP contribution in [0, 0.1) is 0 Å². The van der Waals surface area contributed by atoms with Crippen LogP contribution in [0.25, 0.3) is 11.3 Å². The summed E-state index contributed by atoms with van der Waals surface area (Å²) in [5, 5.41) is 73.4. The fraction of sp³-hybridized carbons (Fsp3) is 0.100. The highest BCUT2D eigenvalue weighted by atomic mass is 16.4. The molecule has 11 nitrogen and oxygen atoms in total. The highest BCUT2D eigenvalue weighted by molar-refractivity contribution is 6.34. The van der Waals surface area contributed by atoms with E-state index in [0.717, 1.165) is 11.6 Å². The molecular weight excluding hydrogens is 777 g/mol. The van der Waals surface area contributed by atoms with Crippen molar-refractivity contribution in [3.8, 4) is 51.6 Å². The van der Waals surface area contributed by atoms with Crippen molar-refractivity contribution < 1.29 is 49.8 Å². The third-order valence-electron chi connectivity index (χ3n) is 11.1. The molecule has 0 bridgehead atoms. The van der Waals surface area contributed by atoms with Crippen LogP contribution in [0.3, 0.4) is 0 Å². The molecule has 7 aromatic rings. The van der Waals surface area contributed by atoms with Gasteiger partial charge < -0.3 is 40.2 Å². The predicted molar refractivity (Wildman–Crippen MR) is 225 cm³/mol. The Morgan fingerprint density at radius 2 is 0.852 bits per heavy atom. The summed E-state index contributed by atoms with van der Waals surface area (Å²) in [7, 11) is 0. The summed E-state index contributed by atoms with van der Waals surface area (Å²) in [6.45, 7) is 0. The summed E-state index contributed by atoms with van der Waals surface area (Å²) >= 11 is 0. The molecule has 0 unspecified atom stereocenters. The van der Waals surface area contributed by atoms with Crippen molar-refractivity contribution in [2.24, 2.45) is 0 Å². The highest BCUT2D eigenvalue weighted by Crippen LogP contribution is 2.50. The van der Waals surface area contributed by atoms with E-state index in [4.69, 9.17) is 4.42 Å². The van der Waals surface area contributed by atoms with Gasteiger partial charge in [0.2, 0.25) is 0 Å². The summed E-state index contributed by atoms with van der Waals surface area (Å²) in [6.07, 6.45) is -0.137. The Morgan fingerprint density at radius 1 is 0.426 bits per heavy atom. The van der Waals surface area contributed by atoms with E-state index in [2.05, 4.69) is 0 Å². The molecule has 0 aliphatic heterocycles. The minimum atomic E-state index is -2.24. The predicted octanol–water partition coefficient (Wildman–Crippen LogP) is 7.65. The monoisotopic (exact) mass is 814 g/mol. The highest BCUT2D eigenvalue weighted by Gasteiger charge is 2.57. The van der Waals surface area contributed by atoms with Crippen molar-refractivity contribution in [1.82, 2.24) is 0 Å². The number of Topliss-reactive ketones (excluding diaryl/α,β-unsaturated/α-hetero) is 2. The van der Waals surface area contributed by atoms with Crippen molar-refractivity contribution in [2.45, 2.75) is 31.1 Å². The first kappa shape index (κ1) is 39.8. The van der Waals surface area contributed by atoms with E-state index in [-0.39, 0.29) is 93.6 Å². The maximum atomic E-state index is 15.4. The van der Waals surface area contributed by atoms with E-state index in [0.29, 0.717) is 22.3 Å². The Kier molecular flexibility index (Phi) is 10.4. The van der Waals surface area contributed by atoms with Crippen LogP contribution in [0.1, 0.15) is 44.5 Å². The molecule has 304 valence electrons. The van der Waals surface area contributed by atoms with Crippen LogP contribution >= 0.6 is 0 Å².